The molecule has 0 aliphatic carbocycles. The van der Waals surface area contributed by atoms with Crippen molar-refractivity contribution in [2.45, 2.75) is 44.5 Å². The van der Waals surface area contributed by atoms with Gasteiger partial charge in [0.25, 0.3) is 0 Å². The molecule has 2 aromatic rings. The molecule has 0 spiro atoms. The van der Waals surface area contributed by atoms with E-state index >= 15 is 0 Å². The molecular formula is C21H28N2O2. The lowest BCUT2D eigenvalue weighted by atomic mass is 9.99. The summed E-state index contributed by atoms with van der Waals surface area (Å²) in [7, 11) is 0. The Morgan fingerprint density at radius 3 is 2.32 bits per heavy atom. The molecule has 0 radical (unpaired) electrons. The Bertz CT molecular complexity index is 637. The number of rotatable bonds is 6. The first-order valence-corrected chi connectivity index (χ1v) is 9.11. The van der Waals surface area contributed by atoms with Gasteiger partial charge in [0.05, 0.1) is 6.10 Å². The first-order chi connectivity index (χ1) is 12.1. The van der Waals surface area contributed by atoms with E-state index in [2.05, 4.69) is 40.5 Å². The lowest BCUT2D eigenvalue weighted by Crippen LogP contribution is -2.46. The lowest BCUT2D eigenvalue weighted by Gasteiger charge is -2.35. The van der Waals surface area contributed by atoms with E-state index in [-0.39, 0.29) is 11.8 Å². The number of hydrogen-bond donors (Lipinski definition) is 3. The topological polar surface area (TPSA) is 55.7 Å². The molecule has 134 valence electrons. The zero-order valence-electron chi connectivity index (χ0n) is 14.8. The van der Waals surface area contributed by atoms with Crippen molar-refractivity contribution in [3.63, 3.8) is 0 Å². The van der Waals surface area contributed by atoms with Gasteiger partial charge in [-0.2, -0.15) is 0 Å². The molecule has 1 saturated heterocycles. The number of aliphatic hydroxyl groups is 1. The molecule has 2 aromatic carbocycles. The predicted octanol–water partition coefficient (Wildman–Crippen LogP) is 3.07. The lowest BCUT2D eigenvalue weighted by molar-refractivity contribution is 0.114. The van der Waals surface area contributed by atoms with Crippen molar-refractivity contribution in [1.82, 2.24) is 10.2 Å². The standard InChI is InChI=1S/C21H28N2O2/c1-16(21(25)18-7-9-20(24)10-8-18)22-19-11-13-23(14-12-19)15-17-5-3-2-4-6-17/h2-10,16,19,21-22,24-25H,11-15H2,1H3. The van der Waals surface area contributed by atoms with Gasteiger partial charge in [-0.1, -0.05) is 42.5 Å². The number of likely N-dealkylation sites (tertiary alicyclic amines) is 1. The minimum absolute atomic E-state index is 0.0183. The number of phenolic OH excluding ortho intramolecular Hbond substituents is 1. The average Bonchev–Trinajstić information content (AvgIpc) is 2.64. The molecule has 0 aromatic heterocycles. The van der Waals surface area contributed by atoms with Gasteiger partial charge >= 0.3 is 0 Å². The van der Waals surface area contributed by atoms with Crippen molar-refractivity contribution in [3.8, 4) is 5.75 Å². The molecule has 4 heteroatoms. The second-order valence-electron chi connectivity index (χ2n) is 7.03. The zero-order valence-corrected chi connectivity index (χ0v) is 14.8. The molecule has 1 aliphatic rings. The predicted molar refractivity (Wildman–Crippen MR) is 100 cm³/mol. The van der Waals surface area contributed by atoms with E-state index in [4.69, 9.17) is 0 Å². The fourth-order valence-electron chi connectivity index (χ4n) is 3.52. The third-order valence-corrected chi connectivity index (χ3v) is 5.04. The molecule has 1 heterocycles. The van der Waals surface area contributed by atoms with Gasteiger partial charge in [-0.15, -0.1) is 0 Å². The van der Waals surface area contributed by atoms with Crippen LogP contribution in [-0.4, -0.2) is 40.3 Å². The molecule has 25 heavy (non-hydrogen) atoms. The number of piperidine rings is 1. The van der Waals surface area contributed by atoms with Crippen molar-refractivity contribution in [2.75, 3.05) is 13.1 Å². The average molecular weight is 340 g/mol. The molecule has 2 atom stereocenters. The van der Waals surface area contributed by atoms with E-state index in [1.807, 2.05) is 6.92 Å². The Labute approximate surface area is 150 Å². The van der Waals surface area contributed by atoms with Crippen LogP contribution in [0.2, 0.25) is 0 Å². The molecule has 4 nitrogen and oxygen atoms in total. The third-order valence-electron chi connectivity index (χ3n) is 5.04. The fraction of sp³-hybridized carbons (Fsp3) is 0.429. The van der Waals surface area contributed by atoms with Crippen LogP contribution in [0.4, 0.5) is 0 Å². The molecular weight excluding hydrogens is 312 g/mol. The highest BCUT2D eigenvalue weighted by Crippen LogP contribution is 2.21. The smallest absolute Gasteiger partial charge is 0.115 e. The van der Waals surface area contributed by atoms with E-state index in [1.165, 1.54) is 5.56 Å². The Hall–Kier alpha value is -1.88. The molecule has 1 fully saturated rings. The molecule has 3 N–H and O–H groups in total. The number of nitrogens with one attached hydrogen (secondary N) is 1. The Morgan fingerprint density at radius 1 is 1.04 bits per heavy atom. The number of phenols is 1. The summed E-state index contributed by atoms with van der Waals surface area (Å²) in [6.07, 6.45) is 1.63. The van der Waals surface area contributed by atoms with Crippen molar-refractivity contribution in [3.05, 3.63) is 65.7 Å². The van der Waals surface area contributed by atoms with Crippen LogP contribution in [0.5, 0.6) is 5.75 Å². The largest absolute Gasteiger partial charge is 0.508 e. The number of aromatic hydroxyl groups is 1. The second-order valence-corrected chi connectivity index (χ2v) is 7.03. The first-order valence-electron chi connectivity index (χ1n) is 9.11. The Kier molecular flexibility index (Phi) is 6.08. The number of benzene rings is 2. The Morgan fingerprint density at radius 2 is 1.68 bits per heavy atom. The van der Waals surface area contributed by atoms with Crippen LogP contribution in [0, 0.1) is 0 Å². The van der Waals surface area contributed by atoms with Gasteiger partial charge in [0.2, 0.25) is 0 Å². The van der Waals surface area contributed by atoms with E-state index in [0.29, 0.717) is 6.04 Å². The Balaban J connectivity index is 1.46. The minimum atomic E-state index is -0.567. The summed E-state index contributed by atoms with van der Waals surface area (Å²) in [6, 6.07) is 17.8. The summed E-state index contributed by atoms with van der Waals surface area (Å²) in [5.41, 5.74) is 2.20. The normalized spacial score (nSPS) is 18.8. The van der Waals surface area contributed by atoms with Crippen molar-refractivity contribution in [1.29, 1.82) is 0 Å². The molecule has 1 aliphatic heterocycles. The van der Waals surface area contributed by atoms with Gasteiger partial charge in [0.1, 0.15) is 5.75 Å². The summed E-state index contributed by atoms with van der Waals surface area (Å²) in [5, 5.41) is 23.4. The SMILES string of the molecule is CC(NC1CCN(Cc2ccccc2)CC1)C(O)c1ccc(O)cc1. The van der Waals surface area contributed by atoms with E-state index < -0.39 is 6.10 Å². The molecule has 3 rings (SSSR count). The summed E-state index contributed by atoms with van der Waals surface area (Å²) < 4.78 is 0. The van der Waals surface area contributed by atoms with Crippen molar-refractivity contribution >= 4 is 0 Å². The summed E-state index contributed by atoms with van der Waals surface area (Å²) >= 11 is 0. The molecule has 0 bridgehead atoms. The maximum Gasteiger partial charge on any atom is 0.115 e. The van der Waals surface area contributed by atoms with Crippen LogP contribution in [0.1, 0.15) is 37.0 Å². The maximum atomic E-state index is 10.5. The van der Waals surface area contributed by atoms with Gasteiger partial charge in [-0.3, -0.25) is 4.90 Å². The van der Waals surface area contributed by atoms with E-state index in [1.54, 1.807) is 24.3 Å². The maximum absolute atomic E-state index is 10.5. The zero-order chi connectivity index (χ0) is 17.6. The highest BCUT2D eigenvalue weighted by atomic mass is 16.3. The summed E-state index contributed by atoms with van der Waals surface area (Å²) in [5.74, 6) is 0.224. The van der Waals surface area contributed by atoms with Gasteiger partial charge in [-0.05, 0) is 56.1 Å². The van der Waals surface area contributed by atoms with Gasteiger partial charge in [0, 0.05) is 18.6 Å². The second kappa shape index (κ2) is 8.48. The number of nitrogens with zero attached hydrogens (tertiary/aromatic N) is 1. The number of hydrogen-bond acceptors (Lipinski definition) is 4. The van der Waals surface area contributed by atoms with Gasteiger partial charge < -0.3 is 15.5 Å². The van der Waals surface area contributed by atoms with Crippen molar-refractivity contribution < 1.29 is 10.2 Å². The van der Waals surface area contributed by atoms with Crippen LogP contribution < -0.4 is 5.32 Å². The minimum Gasteiger partial charge on any atom is -0.508 e. The first kappa shape index (κ1) is 17.9. The van der Waals surface area contributed by atoms with Gasteiger partial charge in [0.15, 0.2) is 0 Å². The van der Waals surface area contributed by atoms with Crippen LogP contribution in [0.15, 0.2) is 54.6 Å². The molecule has 0 amide bonds. The highest BCUT2D eigenvalue weighted by molar-refractivity contribution is 5.27. The summed E-state index contributed by atoms with van der Waals surface area (Å²) in [4.78, 5) is 2.49. The quantitative estimate of drug-likeness (QED) is 0.756. The third kappa shape index (κ3) is 5.05. The fourth-order valence-corrected chi connectivity index (χ4v) is 3.52. The monoisotopic (exact) mass is 340 g/mol. The van der Waals surface area contributed by atoms with E-state index in [0.717, 1.165) is 38.0 Å². The van der Waals surface area contributed by atoms with Crippen LogP contribution in [0.25, 0.3) is 0 Å². The van der Waals surface area contributed by atoms with Crippen LogP contribution in [0.3, 0.4) is 0 Å². The number of aliphatic hydroxyl groups excluding tert-OH is 1. The highest BCUT2D eigenvalue weighted by Gasteiger charge is 2.23. The van der Waals surface area contributed by atoms with Crippen LogP contribution >= 0.6 is 0 Å². The van der Waals surface area contributed by atoms with Crippen LogP contribution in [-0.2, 0) is 6.54 Å². The van der Waals surface area contributed by atoms with E-state index in [9.17, 15) is 10.2 Å². The summed E-state index contributed by atoms with van der Waals surface area (Å²) in [6.45, 7) is 5.19. The molecule has 2 unspecified atom stereocenters. The molecule has 0 saturated carbocycles. The van der Waals surface area contributed by atoms with Gasteiger partial charge in [-0.25, -0.2) is 0 Å². The van der Waals surface area contributed by atoms with Crippen molar-refractivity contribution in [2.24, 2.45) is 0 Å².